The van der Waals surface area contributed by atoms with Crippen molar-refractivity contribution in [3.05, 3.63) is 30.2 Å². The molecule has 2 rings (SSSR count). The topological polar surface area (TPSA) is 72.4 Å². The number of fused-ring (bicyclic) bond motifs is 1. The molecule has 1 aromatic heterocycles. The van der Waals surface area contributed by atoms with Gasteiger partial charge in [0.15, 0.2) is 12.0 Å². The molecule has 2 aromatic rings. The van der Waals surface area contributed by atoms with E-state index in [0.717, 1.165) is 34.5 Å². The number of benzene rings is 1. The zero-order chi connectivity index (χ0) is 12.3. The van der Waals surface area contributed by atoms with Gasteiger partial charge in [0, 0.05) is 13.5 Å². The molecular weight excluding hydrogens is 218 g/mol. The molecule has 0 atom stereocenters. The molecule has 5 nitrogen and oxygen atoms in total. The maximum Gasteiger partial charge on any atom is 0.236 e. The Kier molecular flexibility index (Phi) is 3.39. The molecular formula is C12H15N3O2. The van der Waals surface area contributed by atoms with E-state index in [2.05, 4.69) is 4.98 Å². The largest absolute Gasteiger partial charge is 0.443 e. The summed E-state index contributed by atoms with van der Waals surface area (Å²) in [5.74, 6) is 5.29. The molecule has 0 radical (unpaired) electrons. The summed E-state index contributed by atoms with van der Waals surface area (Å²) in [7, 11) is 1.56. The first-order valence-electron chi connectivity index (χ1n) is 5.50. The molecule has 0 unspecified atom stereocenters. The van der Waals surface area contributed by atoms with E-state index < -0.39 is 0 Å². The number of hydrogen-bond donors (Lipinski definition) is 1. The van der Waals surface area contributed by atoms with Gasteiger partial charge in [-0.2, -0.15) is 0 Å². The molecule has 0 saturated heterocycles. The summed E-state index contributed by atoms with van der Waals surface area (Å²) < 4.78 is 5.22. The number of hydrogen-bond acceptors (Lipinski definition) is 4. The van der Waals surface area contributed by atoms with Crippen molar-refractivity contribution in [3.63, 3.8) is 0 Å². The molecule has 0 aliphatic heterocycles. The summed E-state index contributed by atoms with van der Waals surface area (Å²) in [6, 6.07) is 5.88. The Hall–Kier alpha value is -1.88. The Bertz CT molecular complexity index is 519. The monoisotopic (exact) mass is 233 g/mol. The van der Waals surface area contributed by atoms with E-state index in [1.807, 2.05) is 18.2 Å². The third-order valence-electron chi connectivity index (χ3n) is 2.65. The van der Waals surface area contributed by atoms with Gasteiger partial charge < -0.3 is 4.42 Å². The average molecular weight is 233 g/mol. The van der Waals surface area contributed by atoms with Crippen LogP contribution >= 0.6 is 0 Å². The van der Waals surface area contributed by atoms with Gasteiger partial charge in [0.2, 0.25) is 5.91 Å². The summed E-state index contributed by atoms with van der Waals surface area (Å²) in [5.41, 5.74) is 2.78. The Morgan fingerprint density at radius 1 is 1.53 bits per heavy atom. The first-order chi connectivity index (χ1) is 8.16. The van der Waals surface area contributed by atoms with Crippen LogP contribution in [0.15, 0.2) is 29.0 Å². The summed E-state index contributed by atoms with van der Waals surface area (Å²) in [6.07, 6.45) is 3.50. The van der Waals surface area contributed by atoms with Crippen molar-refractivity contribution >= 4 is 17.0 Å². The predicted molar refractivity (Wildman–Crippen MR) is 63.9 cm³/mol. The van der Waals surface area contributed by atoms with Crippen LogP contribution < -0.4 is 5.84 Å². The number of amides is 1. The maximum absolute atomic E-state index is 11.3. The number of carbonyl (C=O) groups excluding carboxylic acids is 1. The fourth-order valence-corrected chi connectivity index (χ4v) is 1.68. The fourth-order valence-electron chi connectivity index (χ4n) is 1.68. The molecule has 1 heterocycles. The van der Waals surface area contributed by atoms with Crippen molar-refractivity contribution < 1.29 is 9.21 Å². The van der Waals surface area contributed by atoms with Gasteiger partial charge in [-0.3, -0.25) is 9.80 Å². The number of rotatable bonds is 4. The molecule has 0 fully saturated rings. The lowest BCUT2D eigenvalue weighted by atomic mass is 10.1. The lowest BCUT2D eigenvalue weighted by molar-refractivity contribution is -0.130. The van der Waals surface area contributed by atoms with Gasteiger partial charge in [-0.1, -0.05) is 6.07 Å². The molecule has 0 spiro atoms. The van der Waals surface area contributed by atoms with E-state index >= 15 is 0 Å². The van der Waals surface area contributed by atoms with Gasteiger partial charge in [0.25, 0.3) is 0 Å². The highest BCUT2D eigenvalue weighted by Crippen LogP contribution is 2.15. The molecule has 1 aromatic carbocycles. The second kappa shape index (κ2) is 4.97. The molecule has 0 bridgehead atoms. The lowest BCUT2D eigenvalue weighted by Gasteiger charge is -2.09. The SMILES string of the molecule is CN(N)C(=O)CCCc1ccc2ncoc2c1. The van der Waals surface area contributed by atoms with Crippen LogP contribution in [0, 0.1) is 0 Å². The number of oxazole rings is 1. The van der Waals surface area contributed by atoms with E-state index in [1.54, 1.807) is 7.05 Å². The second-order valence-corrected chi connectivity index (χ2v) is 4.01. The van der Waals surface area contributed by atoms with Crippen molar-refractivity contribution in [2.75, 3.05) is 7.05 Å². The minimum Gasteiger partial charge on any atom is -0.443 e. The smallest absolute Gasteiger partial charge is 0.236 e. The minimum absolute atomic E-state index is 0.0502. The molecule has 0 aliphatic carbocycles. The molecule has 17 heavy (non-hydrogen) atoms. The molecule has 2 N–H and O–H groups in total. The van der Waals surface area contributed by atoms with E-state index in [-0.39, 0.29) is 5.91 Å². The number of nitrogens with two attached hydrogens (primary N) is 1. The van der Waals surface area contributed by atoms with Crippen LogP contribution in [0.1, 0.15) is 18.4 Å². The summed E-state index contributed by atoms with van der Waals surface area (Å²) in [5, 5.41) is 1.12. The Morgan fingerprint density at radius 3 is 3.12 bits per heavy atom. The first kappa shape index (κ1) is 11.6. The average Bonchev–Trinajstić information content (AvgIpc) is 2.75. The van der Waals surface area contributed by atoms with Crippen LogP contribution in [0.25, 0.3) is 11.1 Å². The quantitative estimate of drug-likeness (QED) is 0.493. The summed E-state index contributed by atoms with van der Waals surface area (Å²) in [4.78, 5) is 15.3. The third kappa shape index (κ3) is 2.82. The molecule has 90 valence electrons. The molecule has 5 heteroatoms. The second-order valence-electron chi connectivity index (χ2n) is 4.01. The third-order valence-corrected chi connectivity index (χ3v) is 2.65. The molecule has 1 amide bonds. The summed E-state index contributed by atoms with van der Waals surface area (Å²) >= 11 is 0. The van der Waals surface area contributed by atoms with E-state index in [1.165, 1.54) is 6.39 Å². The highest BCUT2D eigenvalue weighted by atomic mass is 16.3. The Labute approximate surface area is 99.2 Å². The van der Waals surface area contributed by atoms with Crippen LogP contribution in [0.5, 0.6) is 0 Å². The van der Waals surface area contributed by atoms with Crippen LogP contribution in [-0.2, 0) is 11.2 Å². The maximum atomic E-state index is 11.3. The highest BCUT2D eigenvalue weighted by Gasteiger charge is 2.05. The van der Waals surface area contributed by atoms with Crippen LogP contribution in [-0.4, -0.2) is 22.9 Å². The van der Waals surface area contributed by atoms with Crippen LogP contribution in [0.2, 0.25) is 0 Å². The van der Waals surface area contributed by atoms with Crippen molar-refractivity contribution in [1.29, 1.82) is 0 Å². The van der Waals surface area contributed by atoms with Gasteiger partial charge >= 0.3 is 0 Å². The van der Waals surface area contributed by atoms with Gasteiger partial charge in [0.1, 0.15) is 5.52 Å². The summed E-state index contributed by atoms with van der Waals surface area (Å²) in [6.45, 7) is 0. The van der Waals surface area contributed by atoms with Gasteiger partial charge in [0.05, 0.1) is 0 Å². The normalized spacial score (nSPS) is 10.7. The van der Waals surface area contributed by atoms with Crippen LogP contribution in [0.3, 0.4) is 0 Å². The van der Waals surface area contributed by atoms with Crippen molar-refractivity contribution in [2.45, 2.75) is 19.3 Å². The molecule has 0 saturated carbocycles. The highest BCUT2D eigenvalue weighted by molar-refractivity contribution is 5.75. The number of aromatic nitrogens is 1. The van der Waals surface area contributed by atoms with E-state index in [9.17, 15) is 4.79 Å². The first-order valence-corrected chi connectivity index (χ1v) is 5.50. The zero-order valence-corrected chi connectivity index (χ0v) is 9.72. The number of aryl methyl sites for hydroxylation is 1. The van der Waals surface area contributed by atoms with E-state index in [4.69, 9.17) is 10.3 Å². The molecule has 0 aliphatic rings. The van der Waals surface area contributed by atoms with Crippen molar-refractivity contribution in [1.82, 2.24) is 9.99 Å². The van der Waals surface area contributed by atoms with Gasteiger partial charge in [-0.25, -0.2) is 10.8 Å². The Balaban J connectivity index is 1.92. The number of hydrazine groups is 1. The van der Waals surface area contributed by atoms with E-state index in [0.29, 0.717) is 6.42 Å². The minimum atomic E-state index is -0.0502. The van der Waals surface area contributed by atoms with Gasteiger partial charge in [-0.05, 0) is 30.5 Å². The van der Waals surface area contributed by atoms with Crippen molar-refractivity contribution in [2.24, 2.45) is 5.84 Å². The standard InChI is InChI=1S/C12H15N3O2/c1-15(13)12(16)4-2-3-9-5-6-10-11(7-9)17-8-14-10/h5-8H,2-4,13H2,1H3. The van der Waals surface area contributed by atoms with Crippen LogP contribution in [0.4, 0.5) is 0 Å². The fraction of sp³-hybridized carbons (Fsp3) is 0.333. The van der Waals surface area contributed by atoms with Gasteiger partial charge in [-0.15, -0.1) is 0 Å². The zero-order valence-electron chi connectivity index (χ0n) is 9.72. The lowest BCUT2D eigenvalue weighted by Crippen LogP contribution is -2.32. The van der Waals surface area contributed by atoms with Crippen molar-refractivity contribution in [3.8, 4) is 0 Å². The Morgan fingerprint density at radius 2 is 2.35 bits per heavy atom. The predicted octanol–water partition coefficient (Wildman–Crippen LogP) is 1.48. The number of carbonyl (C=O) groups is 1. The number of nitrogens with zero attached hydrogens (tertiary/aromatic N) is 2.